The van der Waals surface area contributed by atoms with E-state index in [1.165, 1.54) is 0 Å². The molecule has 1 N–H and O–H groups in total. The monoisotopic (exact) mass is 553 g/mol. The number of para-hydroxylation sites is 1. The fourth-order valence-corrected chi connectivity index (χ4v) is 6.27. The summed E-state index contributed by atoms with van der Waals surface area (Å²) in [5.41, 5.74) is 2.26. The van der Waals surface area contributed by atoms with E-state index in [2.05, 4.69) is 39.9 Å². The number of ether oxygens (including phenoxy) is 1. The number of piperazine rings is 2. The number of hydrogen-bond acceptors (Lipinski definition) is 8. The summed E-state index contributed by atoms with van der Waals surface area (Å²) >= 11 is 0. The molecular weight excluding hydrogens is 510 g/mol. The maximum atomic E-state index is 12.6. The molecule has 3 amide bonds. The van der Waals surface area contributed by atoms with Crippen molar-refractivity contribution in [2.24, 2.45) is 7.05 Å². The molecule has 5 rings (SSSR count). The lowest BCUT2D eigenvalue weighted by molar-refractivity contribution is -0.134. The Morgan fingerprint density at radius 2 is 1.57 bits per heavy atom. The topological polar surface area (TPSA) is 103 Å². The molecule has 40 heavy (non-hydrogen) atoms. The van der Waals surface area contributed by atoms with Gasteiger partial charge in [-0.25, -0.2) is 4.79 Å². The van der Waals surface area contributed by atoms with Crippen molar-refractivity contribution in [2.45, 2.75) is 64.6 Å². The second-order valence-electron chi connectivity index (χ2n) is 12.6. The number of nitrogens with one attached hydrogen (secondary N) is 1. The van der Waals surface area contributed by atoms with Crippen LogP contribution in [0.2, 0.25) is 0 Å². The van der Waals surface area contributed by atoms with Crippen molar-refractivity contribution in [1.82, 2.24) is 29.8 Å². The number of fused-ring (bicyclic) bond motifs is 1. The summed E-state index contributed by atoms with van der Waals surface area (Å²) in [6, 6.07) is 6.20. The number of rotatable bonds is 4. The van der Waals surface area contributed by atoms with Crippen molar-refractivity contribution in [1.29, 1.82) is 0 Å². The van der Waals surface area contributed by atoms with Gasteiger partial charge in [-0.3, -0.25) is 29.4 Å². The predicted octanol–water partition coefficient (Wildman–Crippen LogP) is 2.50. The van der Waals surface area contributed by atoms with E-state index in [1.54, 1.807) is 0 Å². The van der Waals surface area contributed by atoms with Crippen LogP contribution in [0.15, 0.2) is 18.2 Å². The molecule has 0 saturated carbocycles. The number of amides is 3. The Morgan fingerprint density at radius 1 is 0.950 bits per heavy atom. The van der Waals surface area contributed by atoms with Crippen molar-refractivity contribution in [3.8, 4) is 0 Å². The zero-order chi connectivity index (χ0) is 28.8. The van der Waals surface area contributed by atoms with Crippen molar-refractivity contribution >= 4 is 34.5 Å². The lowest BCUT2D eigenvalue weighted by Gasteiger charge is -2.52. The zero-order valence-corrected chi connectivity index (χ0v) is 24.7. The van der Waals surface area contributed by atoms with Gasteiger partial charge in [0.15, 0.2) is 0 Å². The predicted molar refractivity (Wildman–Crippen MR) is 153 cm³/mol. The summed E-state index contributed by atoms with van der Waals surface area (Å²) in [7, 11) is 1.93. The van der Waals surface area contributed by atoms with Crippen LogP contribution >= 0.6 is 0 Å². The first-order valence-electron chi connectivity index (χ1n) is 14.4. The fourth-order valence-electron chi connectivity index (χ4n) is 6.27. The van der Waals surface area contributed by atoms with Gasteiger partial charge in [0.05, 0.1) is 28.5 Å². The number of aromatic nitrogens is 2. The Balaban J connectivity index is 1.24. The molecule has 2 aromatic rings. The third kappa shape index (κ3) is 5.54. The molecule has 3 saturated heterocycles. The van der Waals surface area contributed by atoms with Crippen LogP contribution in [0.1, 0.15) is 59.1 Å². The SMILES string of the molecule is Cn1nc(C2CCC(=O)NC2=O)c2cccc(N3CCN(C(C)(C)N4CCN(C(=O)OC(C)(C)C)CC4)CC3)c21. The molecule has 0 spiro atoms. The first kappa shape index (κ1) is 28.4. The molecule has 1 atom stereocenters. The van der Waals surface area contributed by atoms with E-state index in [9.17, 15) is 14.4 Å². The average molecular weight is 554 g/mol. The van der Waals surface area contributed by atoms with E-state index >= 15 is 0 Å². The maximum Gasteiger partial charge on any atom is 0.410 e. The largest absolute Gasteiger partial charge is 0.444 e. The van der Waals surface area contributed by atoms with Crippen molar-refractivity contribution in [3.05, 3.63) is 23.9 Å². The highest BCUT2D eigenvalue weighted by atomic mass is 16.6. The Bertz CT molecular complexity index is 1280. The summed E-state index contributed by atoms with van der Waals surface area (Å²) in [5.74, 6) is -0.887. The molecule has 11 heteroatoms. The molecule has 0 bridgehead atoms. The van der Waals surface area contributed by atoms with E-state index < -0.39 is 11.5 Å². The van der Waals surface area contributed by atoms with Gasteiger partial charge in [-0.05, 0) is 47.1 Å². The number of benzene rings is 1. The summed E-state index contributed by atoms with van der Waals surface area (Å²) in [6.45, 7) is 16.8. The minimum absolute atomic E-state index is 0.135. The maximum absolute atomic E-state index is 12.6. The van der Waals surface area contributed by atoms with Gasteiger partial charge in [0.2, 0.25) is 11.8 Å². The number of hydrogen-bond donors (Lipinski definition) is 1. The van der Waals surface area contributed by atoms with Crippen LogP contribution in [0.3, 0.4) is 0 Å². The van der Waals surface area contributed by atoms with Gasteiger partial charge >= 0.3 is 6.09 Å². The molecule has 1 unspecified atom stereocenters. The molecule has 218 valence electrons. The average Bonchev–Trinajstić information content (AvgIpc) is 3.24. The van der Waals surface area contributed by atoms with E-state index in [-0.39, 0.29) is 23.6 Å². The summed E-state index contributed by atoms with van der Waals surface area (Å²) < 4.78 is 7.44. The quantitative estimate of drug-likeness (QED) is 0.577. The highest BCUT2D eigenvalue weighted by molar-refractivity contribution is 6.03. The summed E-state index contributed by atoms with van der Waals surface area (Å²) in [5, 5.41) is 8.20. The van der Waals surface area contributed by atoms with Gasteiger partial charge in [0, 0.05) is 71.2 Å². The molecular formula is C29H43N7O4. The number of nitrogens with zero attached hydrogens (tertiary/aromatic N) is 6. The number of carbonyl (C=O) groups excluding carboxylic acids is 3. The summed E-state index contributed by atoms with van der Waals surface area (Å²) in [6.07, 6.45) is 0.589. The second-order valence-corrected chi connectivity index (χ2v) is 12.6. The highest BCUT2D eigenvalue weighted by Crippen LogP contribution is 2.35. The number of carbonyl (C=O) groups is 3. The van der Waals surface area contributed by atoms with Gasteiger partial charge in [0.1, 0.15) is 5.60 Å². The van der Waals surface area contributed by atoms with E-state index in [1.807, 2.05) is 49.5 Å². The third-order valence-corrected chi connectivity index (χ3v) is 8.54. The molecule has 3 aliphatic heterocycles. The standard InChI is InChI=1S/C29H43N7O4/c1-28(2,3)40-27(39)34-14-18-36(19-15-34)29(4,5)35-16-12-33(13-17-35)22-9-7-8-20-24(31-32(6)25(20)22)21-10-11-23(37)30-26(21)38/h7-9,21H,10-19H2,1-6H3,(H,30,37,38). The van der Waals surface area contributed by atoms with Crippen LogP contribution in [-0.2, 0) is 21.4 Å². The molecule has 3 aliphatic rings. The minimum Gasteiger partial charge on any atom is -0.444 e. The van der Waals surface area contributed by atoms with E-state index in [4.69, 9.17) is 9.84 Å². The molecule has 0 radical (unpaired) electrons. The first-order chi connectivity index (χ1) is 18.8. The van der Waals surface area contributed by atoms with E-state index in [0.717, 1.165) is 61.6 Å². The van der Waals surface area contributed by atoms with Crippen LogP contribution < -0.4 is 10.2 Å². The van der Waals surface area contributed by atoms with Crippen LogP contribution in [0.5, 0.6) is 0 Å². The van der Waals surface area contributed by atoms with Crippen molar-refractivity contribution in [2.75, 3.05) is 57.3 Å². The molecule has 4 heterocycles. The van der Waals surface area contributed by atoms with Crippen LogP contribution in [-0.4, -0.2) is 106 Å². The van der Waals surface area contributed by atoms with Gasteiger partial charge in [-0.2, -0.15) is 5.10 Å². The highest BCUT2D eigenvalue weighted by Gasteiger charge is 2.38. The molecule has 1 aromatic heterocycles. The smallest absolute Gasteiger partial charge is 0.410 e. The Labute approximate surface area is 236 Å². The minimum atomic E-state index is -0.487. The fraction of sp³-hybridized carbons (Fsp3) is 0.655. The molecule has 0 aliphatic carbocycles. The summed E-state index contributed by atoms with van der Waals surface area (Å²) in [4.78, 5) is 46.0. The lowest BCUT2D eigenvalue weighted by Crippen LogP contribution is -2.65. The van der Waals surface area contributed by atoms with Gasteiger partial charge in [-0.15, -0.1) is 0 Å². The molecule has 3 fully saturated rings. The van der Waals surface area contributed by atoms with E-state index in [0.29, 0.717) is 25.9 Å². The molecule has 11 nitrogen and oxygen atoms in total. The number of piperidine rings is 1. The van der Waals surface area contributed by atoms with Gasteiger partial charge < -0.3 is 14.5 Å². The van der Waals surface area contributed by atoms with Crippen LogP contribution in [0.4, 0.5) is 10.5 Å². The number of imide groups is 1. The zero-order valence-electron chi connectivity index (χ0n) is 24.7. The van der Waals surface area contributed by atoms with Crippen molar-refractivity contribution < 1.29 is 19.1 Å². The van der Waals surface area contributed by atoms with Crippen LogP contribution in [0, 0.1) is 0 Å². The van der Waals surface area contributed by atoms with Gasteiger partial charge in [0.25, 0.3) is 0 Å². The number of anilines is 1. The molecule has 1 aromatic carbocycles. The first-order valence-corrected chi connectivity index (χ1v) is 14.4. The number of aryl methyl sites for hydroxylation is 1. The lowest BCUT2D eigenvalue weighted by atomic mass is 9.92. The van der Waals surface area contributed by atoms with Crippen molar-refractivity contribution in [3.63, 3.8) is 0 Å². The van der Waals surface area contributed by atoms with Crippen LogP contribution in [0.25, 0.3) is 10.9 Å². The Hall–Kier alpha value is -3.18. The second kappa shape index (κ2) is 10.7. The third-order valence-electron chi connectivity index (χ3n) is 8.54. The van der Waals surface area contributed by atoms with Gasteiger partial charge in [-0.1, -0.05) is 12.1 Å². The Morgan fingerprint density at radius 3 is 2.17 bits per heavy atom. The Kier molecular flexibility index (Phi) is 7.56. The normalized spacial score (nSPS) is 22.1.